The summed E-state index contributed by atoms with van der Waals surface area (Å²) in [5.74, 6) is 1.14. The van der Waals surface area contributed by atoms with Gasteiger partial charge in [0.2, 0.25) is 5.89 Å². The zero-order chi connectivity index (χ0) is 13.1. The lowest BCUT2D eigenvalue weighted by Crippen LogP contribution is -1.87. The first kappa shape index (κ1) is 12.2. The van der Waals surface area contributed by atoms with Gasteiger partial charge in [-0.25, -0.2) is 4.98 Å². The summed E-state index contributed by atoms with van der Waals surface area (Å²) in [4.78, 5) is 6.77. The van der Waals surface area contributed by atoms with Gasteiger partial charge in [0.1, 0.15) is 6.54 Å². The van der Waals surface area contributed by atoms with Crippen LogP contribution in [0.5, 0.6) is 0 Å². The van der Waals surface area contributed by atoms with Crippen molar-refractivity contribution in [3.05, 3.63) is 51.4 Å². The van der Waals surface area contributed by atoms with E-state index < -0.39 is 0 Å². The zero-order valence-corrected chi connectivity index (χ0v) is 10.6. The fraction of sp³-hybridized carbons (Fsp3) is 0.308. The minimum absolute atomic E-state index is 0.139. The normalized spacial score (nSPS) is 10.2. The minimum atomic E-state index is 0.139. The zero-order valence-electron chi connectivity index (χ0n) is 10.6. The summed E-state index contributed by atoms with van der Waals surface area (Å²) in [6.07, 6.45) is 1.67. The van der Waals surface area contributed by atoms with E-state index in [1.165, 1.54) is 11.1 Å². The van der Waals surface area contributed by atoms with Crippen LogP contribution in [0.25, 0.3) is 21.8 Å². The van der Waals surface area contributed by atoms with Crippen LogP contribution in [0.4, 0.5) is 0 Å². The first-order valence-electron chi connectivity index (χ1n) is 5.65. The van der Waals surface area contributed by atoms with E-state index in [4.69, 9.17) is 9.95 Å². The number of azide groups is 1. The highest BCUT2D eigenvalue weighted by Crippen LogP contribution is 2.27. The molecule has 0 aliphatic heterocycles. The van der Waals surface area contributed by atoms with Gasteiger partial charge >= 0.3 is 0 Å². The highest BCUT2D eigenvalue weighted by molar-refractivity contribution is 5.63. The molecule has 0 fully saturated rings. The highest BCUT2D eigenvalue weighted by Gasteiger charge is 2.09. The molecule has 0 spiro atoms. The van der Waals surface area contributed by atoms with Crippen molar-refractivity contribution in [3.8, 4) is 11.3 Å². The molecule has 0 unspecified atom stereocenters. The molecular weight excluding hydrogens is 228 g/mol. The van der Waals surface area contributed by atoms with Gasteiger partial charge in [-0.1, -0.05) is 11.2 Å². The summed E-state index contributed by atoms with van der Waals surface area (Å²) in [5, 5.41) is 3.43. The third kappa shape index (κ3) is 2.36. The van der Waals surface area contributed by atoms with E-state index in [9.17, 15) is 0 Å². The number of hydrogen-bond acceptors (Lipinski definition) is 3. The fourth-order valence-electron chi connectivity index (χ4n) is 1.83. The Labute approximate surface area is 105 Å². The van der Waals surface area contributed by atoms with Crippen molar-refractivity contribution in [1.29, 1.82) is 0 Å². The summed E-state index contributed by atoms with van der Waals surface area (Å²) in [6, 6.07) is 4.21. The lowest BCUT2D eigenvalue weighted by Gasteiger charge is -2.06. The lowest BCUT2D eigenvalue weighted by molar-refractivity contribution is 0.509. The second kappa shape index (κ2) is 4.94. The Bertz CT molecular complexity index is 624. The molecule has 1 aromatic carbocycles. The molecule has 2 rings (SSSR count). The number of oxazole rings is 1. The Hall–Kier alpha value is -2.26. The topological polar surface area (TPSA) is 74.8 Å². The van der Waals surface area contributed by atoms with Crippen LogP contribution in [-0.4, -0.2) is 4.98 Å². The van der Waals surface area contributed by atoms with Crippen LogP contribution in [0.1, 0.15) is 22.6 Å². The summed E-state index contributed by atoms with van der Waals surface area (Å²) in [7, 11) is 0. The Balaban J connectivity index is 2.39. The van der Waals surface area contributed by atoms with E-state index in [2.05, 4.69) is 41.0 Å². The van der Waals surface area contributed by atoms with E-state index in [1.807, 2.05) is 6.92 Å². The van der Waals surface area contributed by atoms with Crippen molar-refractivity contribution in [2.24, 2.45) is 5.11 Å². The first-order chi connectivity index (χ1) is 8.61. The van der Waals surface area contributed by atoms with Crippen molar-refractivity contribution in [2.75, 3.05) is 0 Å². The molecule has 92 valence electrons. The van der Waals surface area contributed by atoms with Crippen LogP contribution in [0.15, 0.2) is 27.9 Å². The molecule has 1 aromatic heterocycles. The molecule has 0 aliphatic rings. The number of hydrogen-bond donors (Lipinski definition) is 0. The van der Waals surface area contributed by atoms with Crippen molar-refractivity contribution >= 4 is 0 Å². The van der Waals surface area contributed by atoms with Gasteiger partial charge < -0.3 is 4.42 Å². The van der Waals surface area contributed by atoms with E-state index in [0.29, 0.717) is 11.7 Å². The average molecular weight is 242 g/mol. The molecule has 0 saturated heterocycles. The van der Waals surface area contributed by atoms with Crippen molar-refractivity contribution < 1.29 is 4.42 Å². The number of rotatable bonds is 3. The van der Waals surface area contributed by atoms with Gasteiger partial charge in [-0.05, 0) is 49.1 Å². The maximum absolute atomic E-state index is 8.25. The summed E-state index contributed by atoms with van der Waals surface area (Å²) in [5.41, 5.74) is 12.9. The SMILES string of the molecule is Cc1cc(C)c(-c2cnc(CN=[N+]=[N-])o2)cc1C. The lowest BCUT2D eigenvalue weighted by atomic mass is 10.00. The highest BCUT2D eigenvalue weighted by atomic mass is 16.4. The molecule has 18 heavy (non-hydrogen) atoms. The van der Waals surface area contributed by atoms with Gasteiger partial charge in [-0.3, -0.25) is 0 Å². The molecule has 1 heterocycles. The van der Waals surface area contributed by atoms with Crippen molar-refractivity contribution in [2.45, 2.75) is 27.3 Å². The Morgan fingerprint density at radius 2 is 1.94 bits per heavy atom. The second-order valence-electron chi connectivity index (χ2n) is 4.26. The Kier molecular flexibility index (Phi) is 3.35. The van der Waals surface area contributed by atoms with Gasteiger partial charge in [0.25, 0.3) is 0 Å². The molecule has 5 nitrogen and oxygen atoms in total. The molecule has 0 aliphatic carbocycles. The van der Waals surface area contributed by atoms with Gasteiger partial charge in [0.05, 0.1) is 6.20 Å². The smallest absolute Gasteiger partial charge is 0.200 e. The predicted octanol–water partition coefficient (Wildman–Crippen LogP) is 4.08. The quantitative estimate of drug-likeness (QED) is 0.462. The molecule has 0 amide bonds. The molecule has 0 radical (unpaired) electrons. The molecule has 5 heteroatoms. The Morgan fingerprint density at radius 1 is 1.22 bits per heavy atom. The van der Waals surface area contributed by atoms with E-state index in [-0.39, 0.29) is 6.54 Å². The van der Waals surface area contributed by atoms with Crippen LogP contribution < -0.4 is 0 Å². The van der Waals surface area contributed by atoms with Gasteiger partial charge in [0, 0.05) is 10.5 Å². The van der Waals surface area contributed by atoms with Crippen LogP contribution in [0.3, 0.4) is 0 Å². The molecular formula is C13H14N4O. The Morgan fingerprint density at radius 3 is 2.67 bits per heavy atom. The monoisotopic (exact) mass is 242 g/mol. The number of nitrogens with zero attached hydrogens (tertiary/aromatic N) is 4. The van der Waals surface area contributed by atoms with Gasteiger partial charge in [0.15, 0.2) is 5.76 Å². The van der Waals surface area contributed by atoms with Crippen LogP contribution in [0.2, 0.25) is 0 Å². The molecule has 0 saturated carbocycles. The third-order valence-electron chi connectivity index (χ3n) is 2.93. The maximum Gasteiger partial charge on any atom is 0.200 e. The summed E-state index contributed by atoms with van der Waals surface area (Å²) < 4.78 is 5.57. The number of benzene rings is 1. The van der Waals surface area contributed by atoms with E-state index in [1.54, 1.807) is 6.20 Å². The summed E-state index contributed by atoms with van der Waals surface area (Å²) >= 11 is 0. The molecule has 0 bridgehead atoms. The van der Waals surface area contributed by atoms with Crippen molar-refractivity contribution in [3.63, 3.8) is 0 Å². The first-order valence-corrected chi connectivity index (χ1v) is 5.65. The molecule has 0 N–H and O–H groups in total. The summed E-state index contributed by atoms with van der Waals surface area (Å²) in [6.45, 7) is 6.33. The standard InChI is InChI=1S/C13H14N4O/c1-8-4-10(3)11(5-9(8)2)12-6-15-13(18-12)7-16-17-14/h4-6H,7H2,1-3H3. The molecule has 2 aromatic rings. The predicted molar refractivity (Wildman–Crippen MR) is 69.0 cm³/mol. The largest absolute Gasteiger partial charge is 0.441 e. The second-order valence-corrected chi connectivity index (χ2v) is 4.26. The van der Waals surface area contributed by atoms with E-state index >= 15 is 0 Å². The van der Waals surface area contributed by atoms with Crippen LogP contribution in [0, 0.1) is 20.8 Å². The van der Waals surface area contributed by atoms with Gasteiger partial charge in [-0.15, -0.1) is 0 Å². The van der Waals surface area contributed by atoms with Gasteiger partial charge in [-0.2, -0.15) is 0 Å². The minimum Gasteiger partial charge on any atom is -0.441 e. The maximum atomic E-state index is 8.25. The van der Waals surface area contributed by atoms with Crippen LogP contribution >= 0.6 is 0 Å². The molecule has 0 atom stereocenters. The van der Waals surface area contributed by atoms with Crippen LogP contribution in [-0.2, 0) is 6.54 Å². The third-order valence-corrected chi connectivity index (χ3v) is 2.93. The number of aryl methyl sites for hydroxylation is 3. The average Bonchev–Trinajstić information content (AvgIpc) is 2.79. The number of aromatic nitrogens is 1. The van der Waals surface area contributed by atoms with Crippen molar-refractivity contribution in [1.82, 2.24) is 4.98 Å². The fourth-order valence-corrected chi connectivity index (χ4v) is 1.83. The van der Waals surface area contributed by atoms with E-state index in [0.717, 1.165) is 11.1 Å².